The van der Waals surface area contributed by atoms with Gasteiger partial charge in [0, 0.05) is 5.69 Å². The van der Waals surface area contributed by atoms with Crippen LogP contribution < -0.4 is 0 Å². The van der Waals surface area contributed by atoms with E-state index in [9.17, 15) is 10.4 Å². The number of aliphatic hydroxyl groups is 1. The molecule has 2 aromatic heterocycles. The third-order valence-corrected chi connectivity index (χ3v) is 5.39. The summed E-state index contributed by atoms with van der Waals surface area (Å²) in [5.41, 5.74) is 3.78. The second-order valence-electron chi connectivity index (χ2n) is 6.53. The second kappa shape index (κ2) is 7.81. The fraction of sp³-hybridized carbons (Fsp3) is 0.143. The molecule has 0 spiro atoms. The number of benzene rings is 2. The molecule has 0 unspecified atom stereocenters. The first-order chi connectivity index (χ1) is 14.1. The first-order valence-electron chi connectivity index (χ1n) is 8.96. The number of hydrogen-bond donors (Lipinski definition) is 2. The molecule has 0 saturated heterocycles. The van der Waals surface area contributed by atoms with Crippen molar-refractivity contribution in [2.75, 3.05) is 5.75 Å². The first kappa shape index (κ1) is 18.8. The lowest BCUT2D eigenvalue weighted by molar-refractivity contribution is 0.420. The average Bonchev–Trinajstić information content (AvgIpc) is 3.31. The van der Waals surface area contributed by atoms with Gasteiger partial charge in [-0.15, -0.1) is 10.2 Å². The second-order valence-corrected chi connectivity index (χ2v) is 7.47. The molecule has 0 aliphatic heterocycles. The Hall–Kier alpha value is -3.57. The molecule has 2 aromatic carbocycles. The summed E-state index contributed by atoms with van der Waals surface area (Å²) in [6.45, 7) is 3.91. The predicted octanol–water partition coefficient (Wildman–Crippen LogP) is 4.35. The summed E-state index contributed by atoms with van der Waals surface area (Å²) in [7, 11) is 0. The van der Waals surface area contributed by atoms with E-state index in [1.54, 1.807) is 0 Å². The quantitative estimate of drug-likeness (QED) is 0.292. The van der Waals surface area contributed by atoms with Gasteiger partial charge in [-0.2, -0.15) is 5.26 Å². The number of H-pyrrole nitrogens is 1. The van der Waals surface area contributed by atoms with Crippen molar-refractivity contribution < 1.29 is 5.11 Å². The van der Waals surface area contributed by atoms with Gasteiger partial charge in [0.1, 0.15) is 23.2 Å². The maximum absolute atomic E-state index is 10.6. The maximum atomic E-state index is 10.6. The van der Waals surface area contributed by atoms with Crippen molar-refractivity contribution in [3.05, 3.63) is 71.5 Å². The number of allylic oxidation sites excluding steroid dienone is 1. The topological polar surface area (TPSA) is 103 Å². The summed E-state index contributed by atoms with van der Waals surface area (Å²) in [6, 6.07) is 17.6. The van der Waals surface area contributed by atoms with Gasteiger partial charge in [-0.05, 0) is 38.1 Å². The smallest absolute Gasteiger partial charge is 0.196 e. The van der Waals surface area contributed by atoms with Gasteiger partial charge >= 0.3 is 0 Å². The molecule has 4 aromatic rings. The van der Waals surface area contributed by atoms with E-state index in [0.717, 1.165) is 22.5 Å². The molecule has 2 heterocycles. The van der Waals surface area contributed by atoms with Crippen LogP contribution in [0.15, 0.2) is 59.4 Å². The standard InChI is InChI=1S/C21H18N6OS/c1-13-7-9-15(10-8-13)27-14(2)25-26-21(27)29-12-19(28)16(11-22)20-23-17-5-3-4-6-18(17)24-20/h3-10,28H,12H2,1-2H3,(H,23,24)/b19-16-. The SMILES string of the molecule is Cc1ccc(-n2c(C)nnc2SC/C(O)=C(\C#N)c2nc3ccccc3[nH]2)cc1. The van der Waals surface area contributed by atoms with E-state index in [1.165, 1.54) is 17.3 Å². The molecule has 7 nitrogen and oxygen atoms in total. The fourth-order valence-corrected chi connectivity index (χ4v) is 3.83. The lowest BCUT2D eigenvalue weighted by Crippen LogP contribution is -2.01. The summed E-state index contributed by atoms with van der Waals surface area (Å²) in [4.78, 5) is 7.48. The summed E-state index contributed by atoms with van der Waals surface area (Å²) < 4.78 is 1.92. The van der Waals surface area contributed by atoms with Crippen LogP contribution >= 0.6 is 11.8 Å². The molecule has 4 rings (SSSR count). The molecule has 0 atom stereocenters. The zero-order chi connectivity index (χ0) is 20.4. The lowest BCUT2D eigenvalue weighted by atomic mass is 10.2. The highest BCUT2D eigenvalue weighted by atomic mass is 32.2. The van der Waals surface area contributed by atoms with E-state index < -0.39 is 0 Å². The van der Waals surface area contributed by atoms with Gasteiger partial charge in [0.15, 0.2) is 11.0 Å². The minimum Gasteiger partial charge on any atom is -0.510 e. The summed E-state index contributed by atoms with van der Waals surface area (Å²) in [5.74, 6) is 1.21. The third-order valence-electron chi connectivity index (χ3n) is 4.45. The highest BCUT2D eigenvalue weighted by molar-refractivity contribution is 7.99. The Morgan fingerprint density at radius 2 is 1.90 bits per heavy atom. The number of nitriles is 1. The number of para-hydroxylation sites is 2. The summed E-state index contributed by atoms with van der Waals surface area (Å²) in [6.07, 6.45) is 0. The van der Waals surface area contributed by atoms with Crippen LogP contribution in [0.25, 0.3) is 22.3 Å². The van der Waals surface area contributed by atoms with Gasteiger partial charge in [0.25, 0.3) is 0 Å². The van der Waals surface area contributed by atoms with Crippen molar-refractivity contribution in [1.82, 2.24) is 24.7 Å². The zero-order valence-electron chi connectivity index (χ0n) is 15.9. The van der Waals surface area contributed by atoms with Gasteiger partial charge in [0.2, 0.25) is 0 Å². The van der Waals surface area contributed by atoms with Crippen molar-refractivity contribution >= 4 is 28.4 Å². The fourth-order valence-electron chi connectivity index (χ4n) is 2.96. The van der Waals surface area contributed by atoms with Crippen LogP contribution in [0.1, 0.15) is 17.2 Å². The monoisotopic (exact) mass is 402 g/mol. The van der Waals surface area contributed by atoms with Crippen LogP contribution in [0.4, 0.5) is 0 Å². The number of imidazole rings is 1. The summed E-state index contributed by atoms with van der Waals surface area (Å²) in [5, 5.41) is 29.1. The van der Waals surface area contributed by atoms with Gasteiger partial charge in [-0.3, -0.25) is 4.57 Å². The van der Waals surface area contributed by atoms with Gasteiger partial charge in [0.05, 0.1) is 16.8 Å². The van der Waals surface area contributed by atoms with E-state index in [4.69, 9.17) is 0 Å². The van der Waals surface area contributed by atoms with Crippen LogP contribution in [0.3, 0.4) is 0 Å². The molecule has 8 heteroatoms. The number of aromatic nitrogens is 5. The van der Waals surface area contributed by atoms with Gasteiger partial charge in [-0.25, -0.2) is 4.98 Å². The van der Waals surface area contributed by atoms with Crippen molar-refractivity contribution in [1.29, 1.82) is 5.26 Å². The largest absolute Gasteiger partial charge is 0.510 e. The Bertz CT molecular complexity index is 1210. The molecule has 144 valence electrons. The average molecular weight is 402 g/mol. The number of nitrogens with zero attached hydrogens (tertiary/aromatic N) is 5. The van der Waals surface area contributed by atoms with Crippen LogP contribution in [0, 0.1) is 25.2 Å². The number of nitrogens with one attached hydrogen (secondary N) is 1. The molecule has 0 aliphatic rings. The van der Waals surface area contributed by atoms with Crippen LogP contribution in [0.2, 0.25) is 0 Å². The van der Waals surface area contributed by atoms with Crippen LogP contribution in [-0.4, -0.2) is 35.6 Å². The third kappa shape index (κ3) is 3.73. The molecule has 0 amide bonds. The highest BCUT2D eigenvalue weighted by Gasteiger charge is 2.16. The van der Waals surface area contributed by atoms with Crippen molar-refractivity contribution in [3.63, 3.8) is 0 Å². The normalized spacial score (nSPS) is 12.0. The Balaban J connectivity index is 1.61. The molecule has 0 bridgehead atoms. The number of fused-ring (bicyclic) bond motifs is 1. The highest BCUT2D eigenvalue weighted by Crippen LogP contribution is 2.26. The van der Waals surface area contributed by atoms with E-state index in [-0.39, 0.29) is 17.1 Å². The Morgan fingerprint density at radius 1 is 1.14 bits per heavy atom. The van der Waals surface area contributed by atoms with E-state index in [1.807, 2.05) is 66.9 Å². The van der Waals surface area contributed by atoms with Crippen LogP contribution in [-0.2, 0) is 0 Å². The molecule has 0 saturated carbocycles. The van der Waals surface area contributed by atoms with Crippen molar-refractivity contribution in [3.8, 4) is 11.8 Å². The van der Waals surface area contributed by atoms with Gasteiger partial charge < -0.3 is 10.1 Å². The number of aryl methyl sites for hydroxylation is 2. The number of rotatable bonds is 5. The molecule has 0 radical (unpaired) electrons. The number of aromatic amines is 1. The van der Waals surface area contributed by atoms with Crippen molar-refractivity contribution in [2.24, 2.45) is 0 Å². The molecule has 2 N–H and O–H groups in total. The molecule has 0 fully saturated rings. The Morgan fingerprint density at radius 3 is 2.62 bits per heavy atom. The molecule has 29 heavy (non-hydrogen) atoms. The molecular weight excluding hydrogens is 384 g/mol. The Kier molecular flexibility index (Phi) is 5.06. The predicted molar refractivity (Wildman–Crippen MR) is 113 cm³/mol. The zero-order valence-corrected chi connectivity index (χ0v) is 16.7. The van der Waals surface area contributed by atoms with E-state index in [2.05, 4.69) is 26.2 Å². The van der Waals surface area contributed by atoms with Crippen LogP contribution in [0.5, 0.6) is 0 Å². The van der Waals surface area contributed by atoms with E-state index >= 15 is 0 Å². The van der Waals surface area contributed by atoms with E-state index in [0.29, 0.717) is 11.0 Å². The minimum absolute atomic E-state index is 0.0623. The van der Waals surface area contributed by atoms with Crippen molar-refractivity contribution in [2.45, 2.75) is 19.0 Å². The lowest BCUT2D eigenvalue weighted by Gasteiger charge is -2.09. The first-order valence-corrected chi connectivity index (χ1v) is 9.94. The number of thioether (sulfide) groups is 1. The van der Waals surface area contributed by atoms with Gasteiger partial charge in [-0.1, -0.05) is 41.6 Å². The minimum atomic E-state index is -0.0623. The molecular formula is C21H18N6OS. The molecule has 0 aliphatic carbocycles. The Labute approximate surface area is 171 Å². The maximum Gasteiger partial charge on any atom is 0.196 e. The summed E-state index contributed by atoms with van der Waals surface area (Å²) >= 11 is 1.31. The number of hydrogen-bond acceptors (Lipinski definition) is 6. The number of aliphatic hydroxyl groups excluding tert-OH is 1.